The average molecular weight is 417 g/mol. The van der Waals surface area contributed by atoms with Gasteiger partial charge in [0.25, 0.3) is 0 Å². The first-order valence-electron chi connectivity index (χ1n) is 10.1. The van der Waals surface area contributed by atoms with Crippen molar-refractivity contribution in [2.24, 2.45) is 0 Å². The summed E-state index contributed by atoms with van der Waals surface area (Å²) in [5.41, 5.74) is 2.36. The Morgan fingerprint density at radius 1 is 1.17 bits per heavy atom. The van der Waals surface area contributed by atoms with Crippen molar-refractivity contribution in [3.05, 3.63) is 45.6 Å². The van der Waals surface area contributed by atoms with E-state index in [-0.39, 0.29) is 11.9 Å². The predicted octanol–water partition coefficient (Wildman–Crippen LogP) is 2.96. The summed E-state index contributed by atoms with van der Waals surface area (Å²) in [4.78, 5) is 18.8. The Kier molecular flexibility index (Phi) is 6.37. The number of rotatable bonds is 6. The highest BCUT2D eigenvalue weighted by Gasteiger charge is 2.34. The summed E-state index contributed by atoms with van der Waals surface area (Å²) in [6.45, 7) is 4.82. The Morgan fingerprint density at radius 3 is 2.62 bits per heavy atom. The van der Waals surface area contributed by atoms with Crippen LogP contribution in [0.25, 0.3) is 0 Å². The van der Waals surface area contributed by atoms with Crippen LogP contribution < -0.4 is 9.47 Å². The van der Waals surface area contributed by atoms with Crippen molar-refractivity contribution >= 4 is 17.2 Å². The van der Waals surface area contributed by atoms with Crippen LogP contribution in [-0.2, 0) is 16.0 Å². The van der Waals surface area contributed by atoms with Crippen LogP contribution in [0.5, 0.6) is 11.5 Å². The molecular formula is C22H28N2O4S. The van der Waals surface area contributed by atoms with E-state index in [1.807, 2.05) is 17.0 Å². The van der Waals surface area contributed by atoms with Crippen LogP contribution in [0.1, 0.15) is 28.5 Å². The van der Waals surface area contributed by atoms with Crippen LogP contribution in [0.15, 0.2) is 29.6 Å². The summed E-state index contributed by atoms with van der Waals surface area (Å²) in [7, 11) is 3.31. The van der Waals surface area contributed by atoms with Crippen molar-refractivity contribution in [1.29, 1.82) is 0 Å². The first-order valence-corrected chi connectivity index (χ1v) is 11.0. The van der Waals surface area contributed by atoms with Gasteiger partial charge >= 0.3 is 0 Å². The number of carbonyl (C=O) groups is 1. The summed E-state index contributed by atoms with van der Waals surface area (Å²) in [6, 6.07) is 8.19. The maximum Gasteiger partial charge on any atom is 0.224 e. The Labute approximate surface area is 176 Å². The van der Waals surface area contributed by atoms with Crippen LogP contribution in [0, 0.1) is 0 Å². The highest BCUT2D eigenvalue weighted by Crippen LogP contribution is 2.42. The molecule has 29 heavy (non-hydrogen) atoms. The van der Waals surface area contributed by atoms with Crippen molar-refractivity contribution in [3.8, 4) is 11.5 Å². The molecule has 2 aliphatic heterocycles. The number of hydrogen-bond acceptors (Lipinski definition) is 6. The third-order valence-corrected chi connectivity index (χ3v) is 6.68. The number of amides is 1. The van der Waals surface area contributed by atoms with Gasteiger partial charge < -0.3 is 19.1 Å². The van der Waals surface area contributed by atoms with E-state index in [0.717, 1.165) is 50.6 Å². The second kappa shape index (κ2) is 9.15. The quantitative estimate of drug-likeness (QED) is 0.725. The van der Waals surface area contributed by atoms with E-state index in [9.17, 15) is 4.79 Å². The Balaban J connectivity index is 1.60. The molecule has 0 aliphatic carbocycles. The molecule has 1 atom stereocenters. The van der Waals surface area contributed by atoms with E-state index in [0.29, 0.717) is 18.7 Å². The molecule has 156 valence electrons. The minimum absolute atomic E-state index is 0.0734. The molecule has 1 aromatic carbocycles. The van der Waals surface area contributed by atoms with Crippen LogP contribution in [0.2, 0.25) is 0 Å². The minimum Gasteiger partial charge on any atom is -0.493 e. The summed E-state index contributed by atoms with van der Waals surface area (Å²) < 4.78 is 16.4. The zero-order chi connectivity index (χ0) is 20.2. The van der Waals surface area contributed by atoms with Crippen molar-refractivity contribution in [2.45, 2.75) is 18.9 Å². The number of hydrogen-bond donors (Lipinski definition) is 0. The summed E-state index contributed by atoms with van der Waals surface area (Å²) in [5, 5.41) is 2.07. The molecule has 1 fully saturated rings. The number of ether oxygens (including phenoxy) is 3. The fraction of sp³-hybridized carbons (Fsp3) is 0.500. The number of carbonyl (C=O) groups excluding carboxylic acids is 1. The lowest BCUT2D eigenvalue weighted by Gasteiger charge is -2.38. The molecule has 0 radical (unpaired) electrons. The SMILES string of the molecule is COc1cc2c(cc1OC)C(c1cccs1)N(C(=O)CCN1CCOCC1)CC2. The smallest absolute Gasteiger partial charge is 0.224 e. The van der Waals surface area contributed by atoms with E-state index < -0.39 is 0 Å². The Morgan fingerprint density at radius 2 is 1.93 bits per heavy atom. The average Bonchev–Trinajstić information content (AvgIpc) is 3.30. The maximum atomic E-state index is 13.3. The first-order chi connectivity index (χ1) is 14.2. The largest absolute Gasteiger partial charge is 0.493 e. The van der Waals surface area contributed by atoms with Gasteiger partial charge in [-0.15, -0.1) is 11.3 Å². The van der Waals surface area contributed by atoms with Gasteiger partial charge in [0.15, 0.2) is 11.5 Å². The predicted molar refractivity (Wildman–Crippen MR) is 113 cm³/mol. The Bertz CT molecular complexity index is 834. The second-order valence-electron chi connectivity index (χ2n) is 7.37. The first kappa shape index (κ1) is 20.2. The van der Waals surface area contributed by atoms with Crippen molar-refractivity contribution < 1.29 is 19.0 Å². The molecule has 7 heteroatoms. The molecule has 1 unspecified atom stereocenters. The molecule has 6 nitrogen and oxygen atoms in total. The van der Waals surface area contributed by atoms with Crippen molar-refractivity contribution in [3.63, 3.8) is 0 Å². The van der Waals surface area contributed by atoms with Gasteiger partial charge in [-0.25, -0.2) is 0 Å². The molecule has 1 saturated heterocycles. The normalized spacial score (nSPS) is 19.7. The molecule has 0 bridgehead atoms. The van der Waals surface area contributed by atoms with Crippen LogP contribution >= 0.6 is 11.3 Å². The molecule has 2 aromatic rings. The highest BCUT2D eigenvalue weighted by atomic mass is 32.1. The van der Waals surface area contributed by atoms with E-state index in [1.54, 1.807) is 25.6 Å². The third kappa shape index (κ3) is 4.27. The lowest BCUT2D eigenvalue weighted by Crippen LogP contribution is -2.43. The van der Waals surface area contributed by atoms with Crippen LogP contribution in [0.4, 0.5) is 0 Å². The zero-order valence-corrected chi connectivity index (χ0v) is 17.9. The summed E-state index contributed by atoms with van der Waals surface area (Å²) >= 11 is 1.69. The van der Waals surface area contributed by atoms with Gasteiger partial charge in [0.1, 0.15) is 0 Å². The van der Waals surface area contributed by atoms with E-state index in [1.165, 1.54) is 10.4 Å². The Hall–Kier alpha value is -2.09. The molecular weight excluding hydrogens is 388 g/mol. The zero-order valence-electron chi connectivity index (χ0n) is 17.1. The summed E-state index contributed by atoms with van der Waals surface area (Å²) in [5.74, 6) is 1.65. The molecule has 3 heterocycles. The molecule has 0 N–H and O–H groups in total. The lowest BCUT2D eigenvalue weighted by atomic mass is 9.90. The van der Waals surface area contributed by atoms with E-state index in [2.05, 4.69) is 22.4 Å². The van der Waals surface area contributed by atoms with Gasteiger partial charge in [0, 0.05) is 37.5 Å². The van der Waals surface area contributed by atoms with Crippen molar-refractivity contribution in [1.82, 2.24) is 9.80 Å². The van der Waals surface area contributed by atoms with Gasteiger partial charge in [0.05, 0.1) is 33.5 Å². The minimum atomic E-state index is -0.0734. The van der Waals surface area contributed by atoms with Gasteiger partial charge in [-0.1, -0.05) is 6.07 Å². The van der Waals surface area contributed by atoms with Crippen molar-refractivity contribution in [2.75, 3.05) is 53.6 Å². The van der Waals surface area contributed by atoms with Crippen LogP contribution in [-0.4, -0.2) is 69.3 Å². The number of morpholine rings is 1. The standard InChI is InChI=1S/C22H28N2O4S/c1-26-18-14-16-5-8-24(21(25)6-7-23-9-11-28-12-10-23)22(20-4-3-13-29-20)17(16)15-19(18)27-2/h3-4,13-15,22H,5-12H2,1-2H3. The molecule has 2 aliphatic rings. The van der Waals surface area contributed by atoms with Gasteiger partial charge in [-0.05, 0) is 41.1 Å². The number of thiophene rings is 1. The molecule has 1 aromatic heterocycles. The third-order valence-electron chi connectivity index (χ3n) is 5.75. The number of fused-ring (bicyclic) bond motifs is 1. The number of nitrogens with zero attached hydrogens (tertiary/aromatic N) is 2. The fourth-order valence-corrected chi connectivity index (χ4v) is 5.04. The van der Waals surface area contributed by atoms with E-state index in [4.69, 9.17) is 14.2 Å². The monoisotopic (exact) mass is 416 g/mol. The molecule has 1 amide bonds. The summed E-state index contributed by atoms with van der Waals surface area (Å²) in [6.07, 6.45) is 1.35. The van der Waals surface area contributed by atoms with Gasteiger partial charge in [0.2, 0.25) is 5.91 Å². The van der Waals surface area contributed by atoms with E-state index >= 15 is 0 Å². The topological polar surface area (TPSA) is 51.2 Å². The highest BCUT2D eigenvalue weighted by molar-refractivity contribution is 7.10. The number of methoxy groups -OCH3 is 2. The lowest BCUT2D eigenvalue weighted by molar-refractivity contribution is -0.133. The second-order valence-corrected chi connectivity index (χ2v) is 8.34. The fourth-order valence-electron chi connectivity index (χ4n) is 4.19. The molecule has 4 rings (SSSR count). The molecule has 0 spiro atoms. The van der Waals surface area contributed by atoms with Gasteiger partial charge in [-0.2, -0.15) is 0 Å². The molecule has 0 saturated carbocycles. The maximum absolute atomic E-state index is 13.3. The van der Waals surface area contributed by atoms with Crippen LogP contribution in [0.3, 0.4) is 0 Å². The van der Waals surface area contributed by atoms with Gasteiger partial charge in [-0.3, -0.25) is 9.69 Å². The number of benzene rings is 1.